The molecule has 0 spiro atoms. The van der Waals surface area contributed by atoms with Gasteiger partial charge in [0, 0.05) is 13.6 Å². The molecule has 1 aromatic rings. The van der Waals surface area contributed by atoms with Crippen molar-refractivity contribution < 1.29 is 22.7 Å². The topological polar surface area (TPSA) is 105 Å². The molecule has 0 atom stereocenters. The second-order valence-electron chi connectivity index (χ2n) is 7.56. The standard InChI is InChI=1S/C21H31N3O5S/c1-4-5-6-7-8-9-14-24(20(26)22-2)19(25)21(12-13-21)16-10-11-18(29-3)17(15-16)23-30(27)28/h10-11,15H,4-9,12-14H2,1-3H3,(H,22,26). The predicted octanol–water partition coefficient (Wildman–Crippen LogP) is 3.95. The zero-order valence-electron chi connectivity index (χ0n) is 17.9. The van der Waals surface area contributed by atoms with Gasteiger partial charge in [-0.05, 0) is 37.0 Å². The predicted molar refractivity (Wildman–Crippen MR) is 114 cm³/mol. The summed E-state index contributed by atoms with van der Waals surface area (Å²) in [6.45, 7) is 2.53. The van der Waals surface area contributed by atoms with Gasteiger partial charge in [-0.1, -0.05) is 45.1 Å². The number of amides is 3. The molecule has 0 aliphatic heterocycles. The zero-order chi connectivity index (χ0) is 22.1. The number of unbranched alkanes of at least 4 members (excludes halogenated alkanes) is 5. The molecular formula is C21H31N3O5S. The lowest BCUT2D eigenvalue weighted by Gasteiger charge is -2.26. The Hall–Kier alpha value is -2.42. The highest BCUT2D eigenvalue weighted by Gasteiger charge is 2.54. The molecule has 1 aliphatic carbocycles. The van der Waals surface area contributed by atoms with Crippen molar-refractivity contribution >= 4 is 28.1 Å². The largest absolute Gasteiger partial charge is 0.494 e. The number of imide groups is 1. The van der Waals surface area contributed by atoms with Crippen molar-refractivity contribution in [3.05, 3.63) is 23.8 Å². The Kier molecular flexibility index (Phi) is 8.83. The molecule has 1 aromatic carbocycles. The molecule has 1 fully saturated rings. The van der Waals surface area contributed by atoms with E-state index in [0.29, 0.717) is 30.7 Å². The molecule has 0 bridgehead atoms. The third-order valence-electron chi connectivity index (χ3n) is 5.50. The molecule has 9 heteroatoms. The molecule has 3 amide bonds. The lowest BCUT2D eigenvalue weighted by atomic mass is 9.93. The summed E-state index contributed by atoms with van der Waals surface area (Å²) in [7, 11) is 0.292. The van der Waals surface area contributed by atoms with Gasteiger partial charge >= 0.3 is 16.5 Å². The molecule has 30 heavy (non-hydrogen) atoms. The number of ether oxygens (including phenoxy) is 1. The van der Waals surface area contributed by atoms with E-state index in [4.69, 9.17) is 4.74 Å². The number of nitrogens with one attached hydrogen (secondary N) is 1. The van der Waals surface area contributed by atoms with Crippen LogP contribution in [0.5, 0.6) is 5.75 Å². The number of urea groups is 1. The van der Waals surface area contributed by atoms with Crippen molar-refractivity contribution in [3.8, 4) is 5.75 Å². The van der Waals surface area contributed by atoms with Crippen LogP contribution in [0.25, 0.3) is 0 Å². The van der Waals surface area contributed by atoms with Crippen molar-refractivity contribution in [2.75, 3.05) is 20.7 Å². The molecule has 0 radical (unpaired) electrons. The first kappa shape index (κ1) is 23.9. The van der Waals surface area contributed by atoms with Crippen molar-refractivity contribution in [2.24, 2.45) is 4.36 Å². The molecule has 0 heterocycles. The lowest BCUT2D eigenvalue weighted by Crippen LogP contribution is -2.47. The molecule has 1 aliphatic rings. The van der Waals surface area contributed by atoms with Crippen LogP contribution in [0.15, 0.2) is 22.6 Å². The number of nitrogens with zero attached hydrogens (tertiary/aromatic N) is 2. The maximum Gasteiger partial charge on any atom is 0.323 e. The first-order valence-electron chi connectivity index (χ1n) is 10.4. The van der Waals surface area contributed by atoms with Crippen LogP contribution < -0.4 is 10.1 Å². The first-order valence-corrected chi connectivity index (χ1v) is 11.5. The lowest BCUT2D eigenvalue weighted by molar-refractivity contribution is -0.131. The van der Waals surface area contributed by atoms with E-state index in [2.05, 4.69) is 16.6 Å². The van der Waals surface area contributed by atoms with Crippen LogP contribution in [0, 0.1) is 0 Å². The highest BCUT2D eigenvalue weighted by molar-refractivity contribution is 7.61. The number of carbonyl (C=O) groups is 2. The van der Waals surface area contributed by atoms with Gasteiger partial charge < -0.3 is 10.1 Å². The molecule has 1 N–H and O–H groups in total. The average molecular weight is 438 g/mol. The number of carbonyl (C=O) groups excluding carboxylic acids is 2. The fraction of sp³-hybridized carbons (Fsp3) is 0.619. The fourth-order valence-corrected chi connectivity index (χ4v) is 3.93. The van der Waals surface area contributed by atoms with E-state index in [-0.39, 0.29) is 11.6 Å². The molecule has 0 saturated heterocycles. The Morgan fingerprint density at radius 3 is 2.40 bits per heavy atom. The second kappa shape index (κ2) is 11.1. The molecule has 0 unspecified atom stereocenters. The van der Waals surface area contributed by atoms with Gasteiger partial charge in [0.25, 0.3) is 0 Å². The van der Waals surface area contributed by atoms with Gasteiger partial charge in [0.15, 0.2) is 0 Å². The summed E-state index contributed by atoms with van der Waals surface area (Å²) in [5.41, 5.74) is -0.0329. The van der Waals surface area contributed by atoms with Crippen molar-refractivity contribution in [2.45, 2.75) is 63.7 Å². The summed E-state index contributed by atoms with van der Waals surface area (Å²) in [6.07, 6.45) is 7.54. The van der Waals surface area contributed by atoms with Gasteiger partial charge in [0.05, 0.1) is 12.5 Å². The molecule has 2 rings (SSSR count). The van der Waals surface area contributed by atoms with Crippen LogP contribution in [0.2, 0.25) is 0 Å². The van der Waals surface area contributed by atoms with Crippen LogP contribution in [0.1, 0.15) is 63.9 Å². The minimum atomic E-state index is -2.64. The summed E-state index contributed by atoms with van der Waals surface area (Å²) < 4.78 is 30.8. The number of rotatable bonds is 11. The van der Waals surface area contributed by atoms with Gasteiger partial charge in [-0.15, -0.1) is 4.36 Å². The van der Waals surface area contributed by atoms with Crippen LogP contribution in [0.4, 0.5) is 10.5 Å². The summed E-state index contributed by atoms with van der Waals surface area (Å²) in [6, 6.07) is 4.49. The average Bonchev–Trinajstić information content (AvgIpc) is 3.54. The summed E-state index contributed by atoms with van der Waals surface area (Å²) in [5.74, 6) is 0.0520. The quantitative estimate of drug-likeness (QED) is 0.528. The van der Waals surface area contributed by atoms with E-state index in [1.807, 2.05) is 0 Å². The normalized spacial score (nSPS) is 14.0. The number of benzene rings is 1. The SMILES string of the molecule is CCCCCCCCN(C(=O)NC)C(=O)C1(c2ccc(OC)c(N=S(=O)=O)c2)CC1. The Morgan fingerprint density at radius 1 is 1.17 bits per heavy atom. The van der Waals surface area contributed by atoms with E-state index >= 15 is 0 Å². The summed E-state index contributed by atoms with van der Waals surface area (Å²) in [5, 5.41) is 2.56. The third-order valence-corrected chi connectivity index (χ3v) is 5.85. The first-order chi connectivity index (χ1) is 14.4. The Bertz CT molecular complexity index is 886. The molecule has 1 saturated carbocycles. The van der Waals surface area contributed by atoms with Gasteiger partial charge in [0.1, 0.15) is 11.4 Å². The monoisotopic (exact) mass is 437 g/mol. The van der Waals surface area contributed by atoms with E-state index in [1.54, 1.807) is 18.2 Å². The van der Waals surface area contributed by atoms with Crippen molar-refractivity contribution in [3.63, 3.8) is 0 Å². The van der Waals surface area contributed by atoms with Crippen LogP contribution in [-0.4, -0.2) is 46.0 Å². The Morgan fingerprint density at radius 2 is 1.83 bits per heavy atom. The second-order valence-corrected chi connectivity index (χ2v) is 8.17. The Balaban J connectivity index is 2.21. The van der Waals surface area contributed by atoms with Crippen molar-refractivity contribution in [1.82, 2.24) is 10.2 Å². The van der Waals surface area contributed by atoms with Crippen LogP contribution >= 0.6 is 0 Å². The minimum Gasteiger partial charge on any atom is -0.494 e. The highest BCUT2D eigenvalue weighted by Crippen LogP contribution is 2.51. The van der Waals surface area contributed by atoms with Gasteiger partial charge in [0.2, 0.25) is 5.91 Å². The highest BCUT2D eigenvalue weighted by atomic mass is 32.2. The summed E-state index contributed by atoms with van der Waals surface area (Å²) >= 11 is 0. The fourth-order valence-electron chi connectivity index (χ4n) is 3.63. The van der Waals surface area contributed by atoms with E-state index in [1.165, 1.54) is 31.9 Å². The molecule has 8 nitrogen and oxygen atoms in total. The number of hydrogen-bond donors (Lipinski definition) is 1. The van der Waals surface area contributed by atoms with E-state index in [9.17, 15) is 18.0 Å². The van der Waals surface area contributed by atoms with Gasteiger partial charge in [-0.3, -0.25) is 9.69 Å². The summed E-state index contributed by atoms with van der Waals surface area (Å²) in [4.78, 5) is 27.1. The number of methoxy groups -OCH3 is 1. The number of hydrogen-bond acceptors (Lipinski definition) is 6. The molecule has 0 aromatic heterocycles. The minimum absolute atomic E-state index is 0.143. The molecular weight excluding hydrogens is 406 g/mol. The third kappa shape index (κ3) is 5.81. The van der Waals surface area contributed by atoms with Gasteiger partial charge in [-0.25, -0.2) is 4.79 Å². The van der Waals surface area contributed by atoms with E-state index < -0.39 is 21.9 Å². The van der Waals surface area contributed by atoms with Crippen LogP contribution in [0.3, 0.4) is 0 Å². The van der Waals surface area contributed by atoms with Gasteiger partial charge in [-0.2, -0.15) is 8.42 Å². The smallest absolute Gasteiger partial charge is 0.323 e. The maximum atomic E-state index is 13.4. The zero-order valence-corrected chi connectivity index (χ0v) is 18.8. The maximum absolute atomic E-state index is 13.4. The van der Waals surface area contributed by atoms with Crippen LogP contribution in [-0.2, 0) is 20.7 Å². The molecule has 166 valence electrons. The van der Waals surface area contributed by atoms with Crippen molar-refractivity contribution in [1.29, 1.82) is 0 Å². The Labute approximate surface area is 179 Å². The van der Waals surface area contributed by atoms with E-state index in [0.717, 1.165) is 25.7 Å².